The fourth-order valence-corrected chi connectivity index (χ4v) is 3.97. The Kier molecular flexibility index (Phi) is 7.35. The van der Waals surface area contributed by atoms with Crippen LogP contribution < -0.4 is 10.0 Å². The van der Waals surface area contributed by atoms with Gasteiger partial charge in [0.25, 0.3) is 5.91 Å². The fourth-order valence-electron chi connectivity index (χ4n) is 2.95. The maximum absolute atomic E-state index is 12.7. The molecule has 156 valence electrons. The van der Waals surface area contributed by atoms with Crippen molar-refractivity contribution in [1.82, 2.24) is 4.72 Å². The first-order valence-corrected chi connectivity index (χ1v) is 11.0. The lowest BCUT2D eigenvalue weighted by Crippen LogP contribution is -2.27. The fraction of sp³-hybridized carbons (Fsp3) is 0.174. The van der Waals surface area contributed by atoms with E-state index in [-0.39, 0.29) is 24.0 Å². The molecule has 3 aromatic rings. The number of hydrogen-bond donors (Lipinski definition) is 2. The zero-order valence-corrected chi connectivity index (χ0v) is 17.5. The van der Waals surface area contributed by atoms with E-state index >= 15 is 0 Å². The number of methoxy groups -OCH3 is 1. The minimum atomic E-state index is -3.64. The van der Waals surface area contributed by atoms with Gasteiger partial charge >= 0.3 is 0 Å². The van der Waals surface area contributed by atoms with Crippen LogP contribution in [0.5, 0.6) is 0 Å². The Morgan fingerprint density at radius 1 is 0.900 bits per heavy atom. The Morgan fingerprint density at radius 2 is 1.57 bits per heavy atom. The normalized spacial score (nSPS) is 11.2. The maximum atomic E-state index is 12.7. The van der Waals surface area contributed by atoms with Gasteiger partial charge in [-0.15, -0.1) is 0 Å². The van der Waals surface area contributed by atoms with Gasteiger partial charge in [0.2, 0.25) is 10.0 Å². The number of para-hydroxylation sites is 1. The predicted octanol–water partition coefficient (Wildman–Crippen LogP) is 3.45. The van der Waals surface area contributed by atoms with Crippen molar-refractivity contribution in [2.24, 2.45) is 0 Å². The quantitative estimate of drug-likeness (QED) is 0.515. The molecule has 0 aromatic heterocycles. The van der Waals surface area contributed by atoms with Gasteiger partial charge in [0, 0.05) is 24.9 Å². The molecule has 0 aliphatic heterocycles. The number of carbonyl (C=O) groups excluding carboxylic acids is 1. The summed E-state index contributed by atoms with van der Waals surface area (Å²) in [5.74, 6) is -0.299. The lowest BCUT2D eigenvalue weighted by molar-refractivity contribution is 0.102. The molecule has 0 heterocycles. The molecule has 3 aromatic carbocycles. The standard InChI is InChI=1S/C23H24N2O4S/c1-29-16-15-24-30(27,28)21-13-11-19(12-14-21)23(26)25-22-10-6-5-9-20(22)17-18-7-3-2-4-8-18/h2-14,24H,15-17H2,1H3,(H,25,26). The van der Waals surface area contributed by atoms with Crippen LogP contribution in [0.25, 0.3) is 0 Å². The highest BCUT2D eigenvalue weighted by Crippen LogP contribution is 2.20. The first-order valence-electron chi connectivity index (χ1n) is 9.51. The minimum Gasteiger partial charge on any atom is -0.383 e. The lowest BCUT2D eigenvalue weighted by atomic mass is 10.0. The van der Waals surface area contributed by atoms with E-state index in [1.807, 2.05) is 54.6 Å². The first kappa shape index (κ1) is 21.7. The minimum absolute atomic E-state index is 0.0969. The van der Waals surface area contributed by atoms with Crippen molar-refractivity contribution in [2.75, 3.05) is 25.6 Å². The summed E-state index contributed by atoms with van der Waals surface area (Å²) in [6.45, 7) is 0.460. The molecule has 2 N–H and O–H groups in total. The monoisotopic (exact) mass is 424 g/mol. The summed E-state index contributed by atoms with van der Waals surface area (Å²) in [4.78, 5) is 12.8. The number of rotatable bonds is 9. The number of amides is 1. The summed E-state index contributed by atoms with van der Waals surface area (Å²) in [5.41, 5.74) is 3.25. The third kappa shape index (κ3) is 5.76. The van der Waals surface area contributed by atoms with E-state index in [1.165, 1.54) is 31.4 Å². The Hall–Kier alpha value is -3.00. The second-order valence-electron chi connectivity index (χ2n) is 6.69. The third-order valence-electron chi connectivity index (χ3n) is 4.53. The summed E-state index contributed by atoms with van der Waals surface area (Å²) in [5, 5.41) is 2.93. The molecular formula is C23H24N2O4S. The number of anilines is 1. The maximum Gasteiger partial charge on any atom is 0.255 e. The van der Waals surface area contributed by atoms with Crippen LogP contribution in [0.2, 0.25) is 0 Å². The zero-order chi connectivity index (χ0) is 21.4. The van der Waals surface area contributed by atoms with E-state index in [2.05, 4.69) is 10.0 Å². The molecule has 7 heteroatoms. The Balaban J connectivity index is 1.71. The molecule has 0 saturated carbocycles. The van der Waals surface area contributed by atoms with E-state index in [1.54, 1.807) is 0 Å². The van der Waals surface area contributed by atoms with Crippen LogP contribution in [-0.2, 0) is 21.2 Å². The van der Waals surface area contributed by atoms with Gasteiger partial charge in [0.1, 0.15) is 0 Å². The van der Waals surface area contributed by atoms with Gasteiger partial charge in [-0.3, -0.25) is 4.79 Å². The number of hydrogen-bond acceptors (Lipinski definition) is 4. The molecule has 3 rings (SSSR count). The molecule has 1 amide bonds. The van der Waals surface area contributed by atoms with Crippen molar-refractivity contribution < 1.29 is 17.9 Å². The third-order valence-corrected chi connectivity index (χ3v) is 6.00. The molecule has 0 aliphatic rings. The van der Waals surface area contributed by atoms with Crippen molar-refractivity contribution in [3.05, 3.63) is 95.6 Å². The van der Waals surface area contributed by atoms with Gasteiger partial charge in [-0.2, -0.15) is 0 Å². The average molecular weight is 425 g/mol. The van der Waals surface area contributed by atoms with Crippen LogP contribution in [0.3, 0.4) is 0 Å². The Labute approximate surface area is 177 Å². The Bertz CT molecular complexity index is 1080. The number of carbonyl (C=O) groups is 1. The molecule has 0 radical (unpaired) electrons. The molecule has 0 aliphatic carbocycles. The first-order chi connectivity index (χ1) is 14.5. The van der Waals surface area contributed by atoms with Crippen LogP contribution in [0.4, 0.5) is 5.69 Å². The summed E-state index contributed by atoms with van der Waals surface area (Å²) < 4.78 is 31.7. The number of nitrogens with one attached hydrogen (secondary N) is 2. The smallest absolute Gasteiger partial charge is 0.255 e. The van der Waals surface area contributed by atoms with Crippen molar-refractivity contribution in [1.29, 1.82) is 0 Å². The molecule has 0 unspecified atom stereocenters. The van der Waals surface area contributed by atoms with Crippen LogP contribution in [-0.4, -0.2) is 34.6 Å². The zero-order valence-electron chi connectivity index (χ0n) is 16.7. The highest BCUT2D eigenvalue weighted by molar-refractivity contribution is 7.89. The SMILES string of the molecule is COCCNS(=O)(=O)c1ccc(C(=O)Nc2ccccc2Cc2ccccc2)cc1. The molecular weight excluding hydrogens is 400 g/mol. The van der Waals surface area contributed by atoms with Gasteiger partial charge in [-0.25, -0.2) is 13.1 Å². The highest BCUT2D eigenvalue weighted by atomic mass is 32.2. The molecule has 0 spiro atoms. The van der Waals surface area contributed by atoms with Gasteiger partial charge < -0.3 is 10.1 Å². The van der Waals surface area contributed by atoms with Crippen LogP contribution >= 0.6 is 0 Å². The summed E-state index contributed by atoms with van der Waals surface area (Å²) in [6, 6.07) is 23.5. The van der Waals surface area contributed by atoms with Crippen molar-refractivity contribution in [2.45, 2.75) is 11.3 Å². The summed E-state index contributed by atoms with van der Waals surface area (Å²) in [6.07, 6.45) is 0.696. The molecule has 6 nitrogen and oxygen atoms in total. The van der Waals surface area contributed by atoms with Crippen molar-refractivity contribution in [3.63, 3.8) is 0 Å². The average Bonchev–Trinajstić information content (AvgIpc) is 2.76. The number of ether oxygens (including phenoxy) is 1. The molecule has 0 atom stereocenters. The Morgan fingerprint density at radius 3 is 2.27 bits per heavy atom. The van der Waals surface area contributed by atoms with Gasteiger partial charge in [-0.1, -0.05) is 48.5 Å². The molecule has 30 heavy (non-hydrogen) atoms. The summed E-state index contributed by atoms with van der Waals surface area (Å²) in [7, 11) is -2.14. The molecule has 0 fully saturated rings. The van der Waals surface area contributed by atoms with E-state index < -0.39 is 10.0 Å². The van der Waals surface area contributed by atoms with Crippen LogP contribution in [0.15, 0.2) is 83.8 Å². The van der Waals surface area contributed by atoms with E-state index in [9.17, 15) is 13.2 Å². The van der Waals surface area contributed by atoms with Gasteiger partial charge in [0.15, 0.2) is 0 Å². The van der Waals surface area contributed by atoms with Gasteiger partial charge in [0.05, 0.1) is 11.5 Å². The number of benzene rings is 3. The largest absolute Gasteiger partial charge is 0.383 e. The predicted molar refractivity (Wildman–Crippen MR) is 117 cm³/mol. The van der Waals surface area contributed by atoms with Crippen molar-refractivity contribution in [3.8, 4) is 0 Å². The molecule has 0 bridgehead atoms. The second-order valence-corrected chi connectivity index (χ2v) is 8.46. The van der Waals surface area contributed by atoms with E-state index in [4.69, 9.17) is 4.74 Å². The van der Waals surface area contributed by atoms with Gasteiger partial charge in [-0.05, 0) is 47.9 Å². The van der Waals surface area contributed by atoms with E-state index in [0.717, 1.165) is 16.8 Å². The van der Waals surface area contributed by atoms with Crippen molar-refractivity contribution >= 4 is 21.6 Å². The topological polar surface area (TPSA) is 84.5 Å². The van der Waals surface area contributed by atoms with Crippen LogP contribution in [0.1, 0.15) is 21.5 Å². The summed E-state index contributed by atoms with van der Waals surface area (Å²) >= 11 is 0. The highest BCUT2D eigenvalue weighted by Gasteiger charge is 2.15. The lowest BCUT2D eigenvalue weighted by Gasteiger charge is -2.12. The molecule has 0 saturated heterocycles. The second kappa shape index (κ2) is 10.2. The van der Waals surface area contributed by atoms with Crippen LogP contribution in [0, 0.1) is 0 Å². The van der Waals surface area contributed by atoms with E-state index in [0.29, 0.717) is 12.0 Å². The number of sulfonamides is 1.